The van der Waals surface area contributed by atoms with E-state index in [1.807, 2.05) is 34.6 Å². The van der Waals surface area contributed by atoms with Crippen molar-refractivity contribution in [1.82, 2.24) is 20.4 Å². The lowest BCUT2D eigenvalue weighted by atomic mass is 9.90. The van der Waals surface area contributed by atoms with Crippen molar-refractivity contribution in [3.8, 4) is 0 Å². The van der Waals surface area contributed by atoms with E-state index in [4.69, 9.17) is 9.47 Å². The maximum absolute atomic E-state index is 13.7. The normalized spacial score (nSPS) is 19.5. The molecule has 6 unspecified atom stereocenters. The Labute approximate surface area is 242 Å². The molecule has 0 aromatic heterocycles. The van der Waals surface area contributed by atoms with Gasteiger partial charge in [0, 0.05) is 39.8 Å². The molecule has 0 bridgehead atoms. The van der Waals surface area contributed by atoms with Crippen LogP contribution in [0, 0.1) is 17.8 Å². The van der Waals surface area contributed by atoms with Gasteiger partial charge in [-0.3, -0.25) is 19.2 Å². The minimum absolute atomic E-state index is 0.0457. The van der Waals surface area contributed by atoms with Crippen LogP contribution in [0.4, 0.5) is 0 Å². The Bertz CT molecular complexity index is 843. The first-order chi connectivity index (χ1) is 18.6. The average molecular weight is 569 g/mol. The Hall–Kier alpha value is -2.20. The molecule has 2 N–H and O–H groups in total. The number of rotatable bonds is 15. The zero-order chi connectivity index (χ0) is 30.8. The molecule has 1 heterocycles. The Morgan fingerprint density at radius 2 is 1.65 bits per heavy atom. The molecule has 4 amide bonds. The number of ether oxygens (including phenoxy) is 2. The number of carbonyl (C=O) groups excluding carboxylic acids is 4. The largest absolute Gasteiger partial charge is 0.379 e. The van der Waals surface area contributed by atoms with Gasteiger partial charge in [0.15, 0.2) is 0 Å². The zero-order valence-electron chi connectivity index (χ0n) is 26.8. The number of amides is 4. The molecule has 1 aliphatic heterocycles. The van der Waals surface area contributed by atoms with Crippen LogP contribution in [0.5, 0.6) is 0 Å². The number of likely N-dealkylation sites (N-methyl/N-ethyl adjacent to an activating group) is 1. The molecule has 1 aliphatic rings. The van der Waals surface area contributed by atoms with Crippen molar-refractivity contribution in [2.75, 3.05) is 34.4 Å². The highest BCUT2D eigenvalue weighted by Crippen LogP contribution is 2.29. The van der Waals surface area contributed by atoms with Crippen LogP contribution < -0.4 is 10.6 Å². The molecule has 0 radical (unpaired) electrons. The van der Waals surface area contributed by atoms with Crippen LogP contribution in [-0.2, 0) is 28.7 Å². The van der Waals surface area contributed by atoms with Gasteiger partial charge in [0.25, 0.3) is 0 Å². The molecular formula is C30H56N4O6. The van der Waals surface area contributed by atoms with E-state index in [2.05, 4.69) is 24.5 Å². The standard InChI is InChI=1S/C30H56N4O6/c1-12-20(4)27(33(9)25(36)16-19(2)3)23(39-10)17-26(37)34-15-13-14-22(34)28(40-11)21(5)29(38)31-18-24(35)32-30(6,7)8/h19-23,27-28H,12-18H2,1-11H3,(H,31,38)(H,32,35). The molecule has 40 heavy (non-hydrogen) atoms. The highest BCUT2D eigenvalue weighted by atomic mass is 16.5. The van der Waals surface area contributed by atoms with Crippen molar-refractivity contribution in [2.24, 2.45) is 17.8 Å². The van der Waals surface area contributed by atoms with Gasteiger partial charge in [-0.25, -0.2) is 0 Å². The second kappa shape index (κ2) is 16.3. The highest BCUT2D eigenvalue weighted by Gasteiger charge is 2.42. The quantitative estimate of drug-likeness (QED) is 0.314. The second-order valence-electron chi connectivity index (χ2n) is 12.8. The highest BCUT2D eigenvalue weighted by molar-refractivity contribution is 5.86. The lowest BCUT2D eigenvalue weighted by Gasteiger charge is -2.39. The molecule has 1 rings (SSSR count). The van der Waals surface area contributed by atoms with Crippen LogP contribution in [0.15, 0.2) is 0 Å². The first-order valence-corrected chi connectivity index (χ1v) is 14.8. The number of methoxy groups -OCH3 is 2. The fraction of sp³-hybridized carbons (Fsp3) is 0.867. The van der Waals surface area contributed by atoms with Crippen LogP contribution in [0.3, 0.4) is 0 Å². The number of likely N-dealkylation sites (tertiary alicyclic amines) is 1. The van der Waals surface area contributed by atoms with Crippen molar-refractivity contribution in [1.29, 1.82) is 0 Å². The summed E-state index contributed by atoms with van der Waals surface area (Å²) in [6.45, 7) is 16.0. The minimum Gasteiger partial charge on any atom is -0.379 e. The summed E-state index contributed by atoms with van der Waals surface area (Å²) in [4.78, 5) is 55.4. The smallest absolute Gasteiger partial charge is 0.239 e. The van der Waals surface area contributed by atoms with E-state index < -0.39 is 23.7 Å². The third-order valence-corrected chi connectivity index (χ3v) is 7.82. The van der Waals surface area contributed by atoms with Crippen molar-refractivity contribution in [2.45, 2.75) is 117 Å². The summed E-state index contributed by atoms with van der Waals surface area (Å²) in [6.07, 6.45) is 1.94. The van der Waals surface area contributed by atoms with Gasteiger partial charge in [0.05, 0.1) is 43.2 Å². The summed E-state index contributed by atoms with van der Waals surface area (Å²) in [5.41, 5.74) is -0.391. The Morgan fingerprint density at radius 3 is 2.15 bits per heavy atom. The first kappa shape index (κ1) is 35.8. The second-order valence-corrected chi connectivity index (χ2v) is 12.8. The van der Waals surface area contributed by atoms with E-state index in [0.717, 1.165) is 12.8 Å². The Balaban J connectivity index is 3.00. The minimum atomic E-state index is -0.572. The first-order valence-electron chi connectivity index (χ1n) is 14.8. The summed E-state index contributed by atoms with van der Waals surface area (Å²) < 4.78 is 11.7. The summed E-state index contributed by atoms with van der Waals surface area (Å²) in [6, 6.07) is -0.519. The summed E-state index contributed by atoms with van der Waals surface area (Å²) in [5, 5.41) is 5.54. The SMILES string of the molecule is CCC(C)C(C(CC(=O)N1CCCC1C(OC)C(C)C(=O)NCC(=O)NC(C)(C)C)OC)N(C)C(=O)CC(C)C. The van der Waals surface area contributed by atoms with Crippen molar-refractivity contribution >= 4 is 23.6 Å². The third kappa shape index (κ3) is 10.7. The summed E-state index contributed by atoms with van der Waals surface area (Å²) in [7, 11) is 4.95. The van der Waals surface area contributed by atoms with Gasteiger partial charge in [-0.2, -0.15) is 0 Å². The number of nitrogens with one attached hydrogen (secondary N) is 2. The molecule has 0 saturated carbocycles. The van der Waals surface area contributed by atoms with Crippen LogP contribution in [0.1, 0.15) is 87.5 Å². The molecule has 0 aromatic carbocycles. The molecule has 0 spiro atoms. The molecule has 6 atom stereocenters. The third-order valence-electron chi connectivity index (χ3n) is 7.82. The number of hydrogen-bond acceptors (Lipinski definition) is 6. The molecule has 232 valence electrons. The van der Waals surface area contributed by atoms with Gasteiger partial charge in [-0.1, -0.05) is 41.0 Å². The van der Waals surface area contributed by atoms with Crippen LogP contribution in [-0.4, -0.2) is 97.6 Å². The number of hydrogen-bond donors (Lipinski definition) is 2. The molecule has 0 aromatic rings. The summed E-state index contributed by atoms with van der Waals surface area (Å²) in [5.74, 6) is -0.796. The lowest BCUT2D eigenvalue weighted by molar-refractivity contribution is -0.146. The molecule has 10 heteroatoms. The predicted molar refractivity (Wildman–Crippen MR) is 156 cm³/mol. The molecule has 10 nitrogen and oxygen atoms in total. The number of carbonyl (C=O) groups is 4. The Kier molecular flexibility index (Phi) is 14.6. The lowest BCUT2D eigenvalue weighted by Crippen LogP contribution is -2.53. The Morgan fingerprint density at radius 1 is 1.02 bits per heavy atom. The predicted octanol–water partition coefficient (Wildman–Crippen LogP) is 2.98. The maximum Gasteiger partial charge on any atom is 0.239 e. The van der Waals surface area contributed by atoms with Gasteiger partial charge < -0.3 is 29.9 Å². The fourth-order valence-corrected chi connectivity index (χ4v) is 5.61. The van der Waals surface area contributed by atoms with Gasteiger partial charge in [0.1, 0.15) is 0 Å². The van der Waals surface area contributed by atoms with Crippen molar-refractivity contribution in [3.63, 3.8) is 0 Å². The molecule has 1 saturated heterocycles. The maximum atomic E-state index is 13.7. The topological polar surface area (TPSA) is 117 Å². The molecular weight excluding hydrogens is 512 g/mol. The molecule has 1 fully saturated rings. The van der Waals surface area contributed by atoms with E-state index in [9.17, 15) is 19.2 Å². The van der Waals surface area contributed by atoms with E-state index in [-0.39, 0.29) is 60.5 Å². The number of nitrogens with zero attached hydrogens (tertiary/aromatic N) is 2. The van der Waals surface area contributed by atoms with Gasteiger partial charge >= 0.3 is 0 Å². The average Bonchev–Trinajstić information content (AvgIpc) is 3.34. The van der Waals surface area contributed by atoms with Gasteiger partial charge in [-0.05, 0) is 45.4 Å². The summed E-state index contributed by atoms with van der Waals surface area (Å²) >= 11 is 0. The molecule has 0 aliphatic carbocycles. The van der Waals surface area contributed by atoms with Crippen molar-refractivity contribution in [3.05, 3.63) is 0 Å². The van der Waals surface area contributed by atoms with Crippen LogP contribution >= 0.6 is 0 Å². The zero-order valence-corrected chi connectivity index (χ0v) is 26.8. The fourth-order valence-electron chi connectivity index (χ4n) is 5.61. The van der Waals surface area contributed by atoms with E-state index in [0.29, 0.717) is 19.4 Å². The van der Waals surface area contributed by atoms with Crippen LogP contribution in [0.2, 0.25) is 0 Å². The van der Waals surface area contributed by atoms with Crippen molar-refractivity contribution < 1.29 is 28.7 Å². The van der Waals surface area contributed by atoms with E-state index >= 15 is 0 Å². The van der Waals surface area contributed by atoms with Gasteiger partial charge in [-0.15, -0.1) is 0 Å². The van der Waals surface area contributed by atoms with E-state index in [1.54, 1.807) is 38.0 Å². The van der Waals surface area contributed by atoms with E-state index in [1.165, 1.54) is 0 Å². The van der Waals surface area contributed by atoms with Crippen LogP contribution in [0.25, 0.3) is 0 Å². The monoisotopic (exact) mass is 568 g/mol. The van der Waals surface area contributed by atoms with Gasteiger partial charge in [0.2, 0.25) is 23.6 Å².